The van der Waals surface area contributed by atoms with Gasteiger partial charge in [-0.25, -0.2) is 0 Å². The van der Waals surface area contributed by atoms with Gasteiger partial charge < -0.3 is 5.32 Å². The van der Waals surface area contributed by atoms with Crippen molar-refractivity contribution in [2.45, 2.75) is 116 Å². The first kappa shape index (κ1) is 25.2. The zero-order chi connectivity index (χ0) is 20.3. The fraction of sp³-hybridized carbons (Fsp3) is 0.769. The second kappa shape index (κ2) is 18.2. The fourth-order valence-electron chi connectivity index (χ4n) is 4.10. The van der Waals surface area contributed by atoms with E-state index >= 15 is 0 Å². The molecule has 1 aromatic carbocycles. The van der Waals surface area contributed by atoms with Crippen molar-refractivity contribution in [1.82, 2.24) is 10.2 Å². The molecular weight excluding hydrogens is 340 g/mol. The molecule has 28 heavy (non-hydrogen) atoms. The highest BCUT2D eigenvalue weighted by atomic mass is 15.2. The lowest BCUT2D eigenvalue weighted by Gasteiger charge is -2.28. The number of rotatable bonds is 19. The van der Waals surface area contributed by atoms with Gasteiger partial charge in [-0.2, -0.15) is 0 Å². The van der Waals surface area contributed by atoms with Crippen LogP contribution in [0.2, 0.25) is 0 Å². The Balaban J connectivity index is 1.92. The molecule has 0 radical (unpaired) electrons. The molecule has 0 amide bonds. The fourth-order valence-corrected chi connectivity index (χ4v) is 4.10. The number of unbranched alkanes of at least 4 members (excludes halogenated alkanes) is 13. The Kier molecular flexibility index (Phi) is 16.4. The summed E-state index contributed by atoms with van der Waals surface area (Å²) in [4.78, 5) is 2.44. The normalized spacial score (nSPS) is 12.6. The van der Waals surface area contributed by atoms with Gasteiger partial charge in [0.2, 0.25) is 0 Å². The summed E-state index contributed by atoms with van der Waals surface area (Å²) in [7, 11) is 4.33. The number of nitrogens with zero attached hydrogens (tertiary/aromatic N) is 1. The van der Waals surface area contributed by atoms with Crippen molar-refractivity contribution in [3.8, 4) is 0 Å². The van der Waals surface area contributed by atoms with E-state index in [2.05, 4.69) is 61.6 Å². The first-order valence-electron chi connectivity index (χ1n) is 12.2. The molecule has 0 aliphatic carbocycles. The first-order valence-corrected chi connectivity index (χ1v) is 12.2. The van der Waals surface area contributed by atoms with Crippen molar-refractivity contribution < 1.29 is 0 Å². The summed E-state index contributed by atoms with van der Waals surface area (Å²) < 4.78 is 0. The monoisotopic (exact) mass is 388 g/mol. The van der Waals surface area contributed by atoms with Crippen LogP contribution < -0.4 is 5.32 Å². The minimum Gasteiger partial charge on any atom is -0.305 e. The molecular formula is C26H48N2. The van der Waals surface area contributed by atoms with E-state index in [0.717, 1.165) is 6.54 Å². The number of benzene rings is 1. The molecule has 0 spiro atoms. The predicted molar refractivity (Wildman–Crippen MR) is 126 cm³/mol. The van der Waals surface area contributed by atoms with Gasteiger partial charge in [-0.1, -0.05) is 127 Å². The molecule has 1 unspecified atom stereocenters. The van der Waals surface area contributed by atoms with Crippen molar-refractivity contribution in [1.29, 1.82) is 0 Å². The SMILES string of the molecule is CCCCCCCCCCCCCCCCC(NC)N(C)Cc1ccccc1. The molecule has 1 N–H and O–H groups in total. The Hall–Kier alpha value is -0.860. The molecule has 2 nitrogen and oxygen atoms in total. The summed E-state index contributed by atoms with van der Waals surface area (Å²) in [5.41, 5.74) is 1.39. The Bertz CT molecular complexity index is 431. The van der Waals surface area contributed by atoms with Gasteiger partial charge in [-0.3, -0.25) is 4.90 Å². The van der Waals surface area contributed by atoms with Crippen LogP contribution in [0, 0.1) is 0 Å². The summed E-state index contributed by atoms with van der Waals surface area (Å²) in [5, 5.41) is 3.49. The highest BCUT2D eigenvalue weighted by Crippen LogP contribution is 2.15. The zero-order valence-corrected chi connectivity index (χ0v) is 19.2. The molecule has 0 aromatic heterocycles. The highest BCUT2D eigenvalue weighted by Gasteiger charge is 2.12. The standard InChI is InChI=1S/C26H48N2/c1-4-5-6-7-8-9-10-11-12-13-14-15-16-20-23-26(27-2)28(3)24-25-21-18-17-19-22-25/h17-19,21-22,26-27H,4-16,20,23-24H2,1-3H3. The number of hydrogen-bond acceptors (Lipinski definition) is 2. The average Bonchev–Trinajstić information content (AvgIpc) is 2.71. The lowest BCUT2D eigenvalue weighted by molar-refractivity contribution is 0.190. The van der Waals surface area contributed by atoms with E-state index in [4.69, 9.17) is 0 Å². The van der Waals surface area contributed by atoms with E-state index in [1.165, 1.54) is 102 Å². The van der Waals surface area contributed by atoms with E-state index in [1.807, 2.05) is 0 Å². The molecule has 0 saturated carbocycles. The van der Waals surface area contributed by atoms with Crippen LogP contribution in [-0.2, 0) is 6.54 Å². The molecule has 2 heteroatoms. The molecule has 0 saturated heterocycles. The van der Waals surface area contributed by atoms with Gasteiger partial charge in [0, 0.05) is 6.54 Å². The van der Waals surface area contributed by atoms with Crippen molar-refractivity contribution in [2.24, 2.45) is 0 Å². The van der Waals surface area contributed by atoms with Gasteiger partial charge in [0.15, 0.2) is 0 Å². The zero-order valence-electron chi connectivity index (χ0n) is 19.2. The maximum atomic E-state index is 3.49. The van der Waals surface area contributed by atoms with Gasteiger partial charge in [0.05, 0.1) is 6.17 Å². The highest BCUT2D eigenvalue weighted by molar-refractivity contribution is 5.14. The Morgan fingerprint density at radius 3 is 1.64 bits per heavy atom. The van der Waals surface area contributed by atoms with Crippen LogP contribution in [-0.4, -0.2) is 25.2 Å². The summed E-state index contributed by atoms with van der Waals surface area (Å²) in [6.45, 7) is 3.31. The van der Waals surface area contributed by atoms with E-state index in [1.54, 1.807) is 0 Å². The minimum absolute atomic E-state index is 0.484. The number of hydrogen-bond donors (Lipinski definition) is 1. The maximum Gasteiger partial charge on any atom is 0.0595 e. The molecule has 1 aromatic rings. The smallest absolute Gasteiger partial charge is 0.0595 e. The van der Waals surface area contributed by atoms with Crippen molar-refractivity contribution in [3.05, 3.63) is 35.9 Å². The van der Waals surface area contributed by atoms with Crippen LogP contribution in [0.4, 0.5) is 0 Å². The second-order valence-corrected chi connectivity index (χ2v) is 8.59. The van der Waals surface area contributed by atoms with Gasteiger partial charge in [0.1, 0.15) is 0 Å². The Labute approximate surface area is 176 Å². The van der Waals surface area contributed by atoms with Crippen LogP contribution >= 0.6 is 0 Å². The molecule has 162 valence electrons. The van der Waals surface area contributed by atoms with E-state index in [-0.39, 0.29) is 0 Å². The summed E-state index contributed by atoms with van der Waals surface area (Å²) in [5.74, 6) is 0. The predicted octanol–water partition coefficient (Wildman–Crippen LogP) is 7.54. The van der Waals surface area contributed by atoms with Crippen LogP contribution in [0.1, 0.15) is 109 Å². The van der Waals surface area contributed by atoms with E-state index in [9.17, 15) is 0 Å². The summed E-state index contributed by atoms with van der Waals surface area (Å²) in [6, 6.07) is 10.8. The van der Waals surface area contributed by atoms with E-state index < -0.39 is 0 Å². The van der Waals surface area contributed by atoms with Gasteiger partial charge in [-0.15, -0.1) is 0 Å². The summed E-state index contributed by atoms with van der Waals surface area (Å²) >= 11 is 0. The minimum atomic E-state index is 0.484. The van der Waals surface area contributed by atoms with Crippen LogP contribution in [0.3, 0.4) is 0 Å². The number of nitrogens with one attached hydrogen (secondary N) is 1. The summed E-state index contributed by atoms with van der Waals surface area (Å²) in [6.07, 6.45) is 21.7. The maximum absolute atomic E-state index is 3.49. The van der Waals surface area contributed by atoms with Gasteiger partial charge in [-0.05, 0) is 26.1 Å². The van der Waals surface area contributed by atoms with Gasteiger partial charge >= 0.3 is 0 Å². The molecule has 1 atom stereocenters. The molecule has 0 heterocycles. The van der Waals surface area contributed by atoms with Crippen molar-refractivity contribution >= 4 is 0 Å². The third-order valence-electron chi connectivity index (χ3n) is 5.97. The van der Waals surface area contributed by atoms with Gasteiger partial charge in [0.25, 0.3) is 0 Å². The molecule has 0 fully saturated rings. The molecule has 0 aliphatic rings. The van der Waals surface area contributed by atoms with E-state index in [0.29, 0.717) is 6.17 Å². The quantitative estimate of drug-likeness (QED) is 0.194. The van der Waals surface area contributed by atoms with Crippen molar-refractivity contribution in [2.75, 3.05) is 14.1 Å². The third kappa shape index (κ3) is 13.3. The topological polar surface area (TPSA) is 15.3 Å². The second-order valence-electron chi connectivity index (χ2n) is 8.59. The average molecular weight is 389 g/mol. The largest absolute Gasteiger partial charge is 0.305 e. The van der Waals surface area contributed by atoms with Crippen molar-refractivity contribution in [3.63, 3.8) is 0 Å². The van der Waals surface area contributed by atoms with Crippen LogP contribution in [0.25, 0.3) is 0 Å². The lowest BCUT2D eigenvalue weighted by Crippen LogP contribution is -2.41. The molecule has 0 aliphatic heterocycles. The Morgan fingerprint density at radius 2 is 1.18 bits per heavy atom. The lowest BCUT2D eigenvalue weighted by atomic mass is 10.0. The Morgan fingerprint density at radius 1 is 0.714 bits per heavy atom. The van der Waals surface area contributed by atoms with Crippen LogP contribution in [0.15, 0.2) is 30.3 Å². The third-order valence-corrected chi connectivity index (χ3v) is 5.97. The molecule has 1 rings (SSSR count). The van der Waals surface area contributed by atoms with Crippen LogP contribution in [0.5, 0.6) is 0 Å². The molecule has 0 bridgehead atoms. The first-order chi connectivity index (χ1) is 13.8.